The molecule has 2 heterocycles. The van der Waals surface area contributed by atoms with Crippen LogP contribution in [0.25, 0.3) is 0 Å². The summed E-state index contributed by atoms with van der Waals surface area (Å²) in [5.74, 6) is 1.30. The Morgan fingerprint density at radius 3 is 2.83 bits per heavy atom. The van der Waals surface area contributed by atoms with E-state index in [0.29, 0.717) is 18.8 Å². The Bertz CT molecular complexity index is 405. The van der Waals surface area contributed by atoms with Gasteiger partial charge in [0.15, 0.2) is 9.84 Å². The molecule has 2 atom stereocenters. The van der Waals surface area contributed by atoms with Gasteiger partial charge in [-0.3, -0.25) is 4.79 Å². The van der Waals surface area contributed by atoms with Crippen molar-refractivity contribution in [1.29, 1.82) is 0 Å². The van der Waals surface area contributed by atoms with E-state index in [2.05, 4.69) is 5.32 Å². The lowest BCUT2D eigenvalue weighted by molar-refractivity contribution is -0.136. The van der Waals surface area contributed by atoms with Gasteiger partial charge in [0.05, 0.1) is 5.92 Å². The molecule has 0 aromatic rings. The van der Waals surface area contributed by atoms with Gasteiger partial charge in [0, 0.05) is 30.9 Å². The first kappa shape index (κ1) is 14.1. The number of hydrogen-bond acceptors (Lipinski definition) is 5. The number of amides is 1. The predicted molar refractivity (Wildman–Crippen MR) is 73.3 cm³/mol. The number of nitrogens with zero attached hydrogens (tertiary/aromatic N) is 1. The molecule has 2 aliphatic heterocycles. The Balaban J connectivity index is 2.10. The molecule has 104 valence electrons. The summed E-state index contributed by atoms with van der Waals surface area (Å²) in [6.07, 6.45) is 3.08. The Morgan fingerprint density at radius 2 is 2.22 bits per heavy atom. The quantitative estimate of drug-likeness (QED) is 0.772. The first-order valence-corrected chi connectivity index (χ1v) is 9.39. The number of piperidine rings is 1. The average Bonchev–Trinajstić information content (AvgIpc) is 2.38. The Hall–Kier alpha value is -0.270. The second-order valence-electron chi connectivity index (χ2n) is 4.93. The number of hydrogen-bond donors (Lipinski definition) is 1. The fraction of sp³-hybridized carbons (Fsp3) is 0.909. The van der Waals surface area contributed by atoms with Crippen LogP contribution in [0.2, 0.25) is 0 Å². The third-order valence-corrected chi connectivity index (χ3v) is 6.15. The van der Waals surface area contributed by atoms with Gasteiger partial charge in [-0.2, -0.15) is 11.8 Å². The molecular formula is C11H20N2O3S2. The van der Waals surface area contributed by atoms with Crippen LogP contribution in [0.4, 0.5) is 0 Å². The van der Waals surface area contributed by atoms with E-state index in [9.17, 15) is 13.2 Å². The van der Waals surface area contributed by atoms with Gasteiger partial charge in [-0.25, -0.2) is 8.42 Å². The second kappa shape index (κ2) is 5.79. The summed E-state index contributed by atoms with van der Waals surface area (Å²) < 4.78 is 23.5. The van der Waals surface area contributed by atoms with Crippen LogP contribution in [0.15, 0.2) is 0 Å². The Kier molecular flexibility index (Phi) is 4.55. The van der Waals surface area contributed by atoms with Gasteiger partial charge in [-0.1, -0.05) is 0 Å². The van der Waals surface area contributed by atoms with Crippen LogP contribution in [-0.4, -0.2) is 62.0 Å². The lowest BCUT2D eigenvalue weighted by Gasteiger charge is -2.37. The molecule has 2 saturated heterocycles. The minimum Gasteiger partial charge on any atom is -0.324 e. The van der Waals surface area contributed by atoms with Crippen molar-refractivity contribution in [2.75, 3.05) is 37.4 Å². The standard InChI is InChI=1S/C11H20N2O3S2/c1-18(15,16)10-8-17-6-5-13(10)11(14)9-3-2-4-12-7-9/h9-10,12H,2-8H2,1H3/t9-,10?/m1/s1. The van der Waals surface area contributed by atoms with Gasteiger partial charge < -0.3 is 10.2 Å². The molecule has 0 aliphatic carbocycles. The van der Waals surface area contributed by atoms with E-state index >= 15 is 0 Å². The molecular weight excluding hydrogens is 272 g/mol. The van der Waals surface area contributed by atoms with Gasteiger partial charge in [-0.05, 0) is 19.4 Å². The molecule has 5 nitrogen and oxygen atoms in total. The number of thioether (sulfide) groups is 1. The summed E-state index contributed by atoms with van der Waals surface area (Å²) in [6, 6.07) is 0. The van der Waals surface area contributed by atoms with E-state index in [4.69, 9.17) is 0 Å². The van der Waals surface area contributed by atoms with Gasteiger partial charge in [-0.15, -0.1) is 0 Å². The molecule has 0 bridgehead atoms. The van der Waals surface area contributed by atoms with Crippen molar-refractivity contribution >= 4 is 27.5 Å². The molecule has 7 heteroatoms. The van der Waals surface area contributed by atoms with E-state index in [-0.39, 0.29) is 11.8 Å². The van der Waals surface area contributed by atoms with E-state index < -0.39 is 15.2 Å². The summed E-state index contributed by atoms with van der Waals surface area (Å²) in [6.45, 7) is 2.19. The number of carbonyl (C=O) groups is 1. The predicted octanol–water partition coefficient (Wildman–Crippen LogP) is -0.0679. The monoisotopic (exact) mass is 292 g/mol. The fourth-order valence-electron chi connectivity index (χ4n) is 2.48. The topological polar surface area (TPSA) is 66.5 Å². The highest BCUT2D eigenvalue weighted by atomic mass is 32.2. The molecule has 18 heavy (non-hydrogen) atoms. The van der Waals surface area contributed by atoms with Gasteiger partial charge in [0.25, 0.3) is 0 Å². The van der Waals surface area contributed by atoms with Crippen LogP contribution in [0.1, 0.15) is 12.8 Å². The third kappa shape index (κ3) is 3.19. The fourth-order valence-corrected chi connectivity index (χ4v) is 5.31. The highest BCUT2D eigenvalue weighted by Gasteiger charge is 2.37. The van der Waals surface area contributed by atoms with Crippen molar-refractivity contribution in [3.05, 3.63) is 0 Å². The summed E-state index contributed by atoms with van der Waals surface area (Å²) in [5, 5.41) is 2.57. The van der Waals surface area contributed by atoms with E-state index in [0.717, 1.165) is 25.1 Å². The van der Waals surface area contributed by atoms with Crippen LogP contribution in [-0.2, 0) is 14.6 Å². The molecule has 0 aromatic carbocycles. The molecule has 2 aliphatic rings. The largest absolute Gasteiger partial charge is 0.324 e. The molecule has 2 rings (SSSR count). The number of nitrogens with one attached hydrogen (secondary N) is 1. The van der Waals surface area contributed by atoms with Crippen LogP contribution in [0.3, 0.4) is 0 Å². The maximum Gasteiger partial charge on any atom is 0.228 e. The Morgan fingerprint density at radius 1 is 1.44 bits per heavy atom. The molecule has 1 unspecified atom stereocenters. The number of rotatable bonds is 2. The minimum absolute atomic E-state index is 0.0120. The van der Waals surface area contributed by atoms with Crippen molar-refractivity contribution in [3.63, 3.8) is 0 Å². The molecule has 1 amide bonds. The summed E-state index contributed by atoms with van der Waals surface area (Å²) in [4.78, 5) is 14.0. The molecule has 0 saturated carbocycles. The van der Waals surface area contributed by atoms with Crippen LogP contribution >= 0.6 is 11.8 Å². The maximum absolute atomic E-state index is 12.4. The van der Waals surface area contributed by atoms with E-state index in [1.165, 1.54) is 6.26 Å². The van der Waals surface area contributed by atoms with Crippen molar-refractivity contribution in [2.45, 2.75) is 18.2 Å². The van der Waals surface area contributed by atoms with Crippen molar-refractivity contribution < 1.29 is 13.2 Å². The molecule has 0 spiro atoms. The smallest absolute Gasteiger partial charge is 0.228 e. The summed E-state index contributed by atoms with van der Waals surface area (Å²) in [5.41, 5.74) is 0. The van der Waals surface area contributed by atoms with Crippen molar-refractivity contribution in [2.24, 2.45) is 5.92 Å². The van der Waals surface area contributed by atoms with E-state index in [1.54, 1.807) is 16.7 Å². The van der Waals surface area contributed by atoms with Gasteiger partial charge in [0.2, 0.25) is 5.91 Å². The third-order valence-electron chi connectivity index (χ3n) is 3.51. The zero-order chi connectivity index (χ0) is 13.2. The molecule has 1 N–H and O–H groups in total. The molecule has 2 fully saturated rings. The summed E-state index contributed by atoms with van der Waals surface area (Å²) >= 11 is 1.61. The Labute approximate surface area is 113 Å². The van der Waals surface area contributed by atoms with Crippen molar-refractivity contribution in [1.82, 2.24) is 10.2 Å². The normalized spacial score (nSPS) is 30.2. The van der Waals surface area contributed by atoms with Crippen molar-refractivity contribution in [3.8, 4) is 0 Å². The van der Waals surface area contributed by atoms with Gasteiger partial charge in [0.1, 0.15) is 5.37 Å². The minimum atomic E-state index is -3.19. The zero-order valence-electron chi connectivity index (χ0n) is 10.6. The zero-order valence-corrected chi connectivity index (χ0v) is 12.2. The number of sulfone groups is 1. The highest BCUT2D eigenvalue weighted by Crippen LogP contribution is 2.24. The number of carbonyl (C=O) groups excluding carboxylic acids is 1. The molecule has 0 radical (unpaired) electrons. The summed E-state index contributed by atoms with van der Waals surface area (Å²) in [7, 11) is -3.19. The first-order chi connectivity index (χ1) is 8.50. The van der Waals surface area contributed by atoms with Crippen LogP contribution in [0, 0.1) is 5.92 Å². The van der Waals surface area contributed by atoms with Crippen LogP contribution < -0.4 is 5.32 Å². The SMILES string of the molecule is CS(=O)(=O)C1CSCCN1C(=O)[C@@H]1CCCNC1. The first-order valence-electron chi connectivity index (χ1n) is 6.28. The lowest BCUT2D eigenvalue weighted by Crippen LogP contribution is -2.53. The average molecular weight is 292 g/mol. The van der Waals surface area contributed by atoms with Crippen LogP contribution in [0.5, 0.6) is 0 Å². The maximum atomic E-state index is 12.4. The van der Waals surface area contributed by atoms with Gasteiger partial charge >= 0.3 is 0 Å². The highest BCUT2D eigenvalue weighted by molar-refractivity contribution is 8.00. The van der Waals surface area contributed by atoms with E-state index in [1.807, 2.05) is 0 Å². The lowest BCUT2D eigenvalue weighted by atomic mass is 9.98. The molecule has 0 aromatic heterocycles. The second-order valence-corrected chi connectivity index (χ2v) is 8.29.